The zero-order valence-corrected chi connectivity index (χ0v) is 21.7. The molecular weight excluding hydrogens is 560 g/mol. The average molecular weight is 580 g/mol. The number of aromatic amines is 1. The number of hydrogen-bond acceptors (Lipinski definition) is 6. The number of nitrogens with zero attached hydrogens (tertiary/aromatic N) is 7. The summed E-state index contributed by atoms with van der Waals surface area (Å²) in [6.07, 6.45) is 7.50. The molecule has 1 atom stereocenters. The van der Waals surface area contributed by atoms with Crippen molar-refractivity contribution in [2.24, 2.45) is 7.05 Å². The van der Waals surface area contributed by atoms with Crippen molar-refractivity contribution in [2.75, 3.05) is 6.61 Å². The van der Waals surface area contributed by atoms with Crippen LogP contribution in [-0.4, -0.2) is 53.2 Å². The number of nitrogens with one attached hydrogen (secondary N) is 1. The minimum Gasteiger partial charge on any atom is -0.504 e. The van der Waals surface area contributed by atoms with Crippen LogP contribution in [0.25, 0.3) is 28.1 Å². The summed E-state index contributed by atoms with van der Waals surface area (Å²) in [5, 5.41) is 25.2. The van der Waals surface area contributed by atoms with E-state index in [1.54, 1.807) is 31.4 Å². The van der Waals surface area contributed by atoms with Crippen molar-refractivity contribution >= 4 is 23.2 Å². The van der Waals surface area contributed by atoms with Gasteiger partial charge in [0.15, 0.2) is 23.5 Å². The van der Waals surface area contributed by atoms with Crippen molar-refractivity contribution in [3.05, 3.63) is 76.9 Å². The van der Waals surface area contributed by atoms with Gasteiger partial charge in [0.2, 0.25) is 0 Å². The summed E-state index contributed by atoms with van der Waals surface area (Å²) in [6, 6.07) is 5.67. The van der Waals surface area contributed by atoms with Gasteiger partial charge in [-0.1, -0.05) is 22.9 Å². The molecule has 0 unspecified atom stereocenters. The van der Waals surface area contributed by atoms with Crippen LogP contribution in [0.4, 0.5) is 13.2 Å². The van der Waals surface area contributed by atoms with Crippen LogP contribution in [0.5, 0.6) is 5.75 Å². The molecule has 0 saturated carbocycles. The van der Waals surface area contributed by atoms with Crippen molar-refractivity contribution in [3.63, 3.8) is 0 Å². The molecule has 0 radical (unpaired) electrons. The molecule has 0 amide bonds. The Morgan fingerprint density at radius 3 is 2.56 bits per heavy atom. The van der Waals surface area contributed by atoms with Crippen LogP contribution in [0.1, 0.15) is 18.2 Å². The molecule has 0 fully saturated rings. The maximum absolute atomic E-state index is 15.2. The molecule has 0 aliphatic heterocycles. The minimum absolute atomic E-state index is 0.0344. The van der Waals surface area contributed by atoms with Crippen LogP contribution in [0.3, 0.4) is 0 Å². The van der Waals surface area contributed by atoms with Gasteiger partial charge in [-0.3, -0.25) is 14.3 Å². The Kier molecular flexibility index (Phi) is 7.55. The molecule has 202 valence electrons. The Hall–Kier alpha value is -3.94. The van der Waals surface area contributed by atoms with Crippen molar-refractivity contribution in [1.29, 1.82) is 0 Å². The standard InChI is InChI=1S/C24H19Cl2F3N8O2/c1-35-23(19(38)10-31-35)14-9-32-36(11-14)17(6-7-39-24(28)29)16-4-2-13(8-30-16)21-18(5-3-15(25)22(21)27)37-12-20(26)33-34-37/h2-5,8-12,17,24,38H,6-7H2,1H3/p+1/t17-/m1/s1. The summed E-state index contributed by atoms with van der Waals surface area (Å²) in [6.45, 7) is -3.21. The predicted octanol–water partition coefficient (Wildman–Crippen LogP) is 4.72. The molecule has 4 aromatic heterocycles. The predicted molar refractivity (Wildman–Crippen MR) is 134 cm³/mol. The van der Waals surface area contributed by atoms with E-state index in [-0.39, 0.29) is 34.5 Å². The van der Waals surface area contributed by atoms with Gasteiger partial charge in [0.05, 0.1) is 46.4 Å². The number of H-pyrrole nitrogens is 1. The number of pyridine rings is 1. The molecule has 4 heterocycles. The van der Waals surface area contributed by atoms with Crippen molar-refractivity contribution in [2.45, 2.75) is 19.1 Å². The normalized spacial score (nSPS) is 12.4. The molecule has 15 heteroatoms. The number of aromatic nitrogens is 8. The average Bonchev–Trinajstić information content (AvgIpc) is 3.64. The fraction of sp³-hybridized carbons (Fsp3) is 0.208. The zero-order valence-electron chi connectivity index (χ0n) is 20.1. The number of benzene rings is 1. The molecule has 1 aromatic carbocycles. The second-order valence-corrected chi connectivity index (χ2v) is 9.20. The third-order valence-electron chi connectivity index (χ3n) is 6.00. The molecule has 0 aliphatic rings. The molecule has 5 rings (SSSR count). The number of aromatic hydroxyl groups is 1. The second-order valence-electron chi connectivity index (χ2n) is 8.41. The van der Waals surface area contributed by atoms with Gasteiger partial charge in [-0.2, -0.15) is 19.0 Å². The van der Waals surface area contributed by atoms with Gasteiger partial charge in [-0.15, -0.1) is 4.68 Å². The SMILES string of the molecule is Cn1ncc(O)c1-c1cnn([C@H](CCOC(F)F)c2ccc(-c3c(-[n+]4cc(Cl)n[nH]4)ccc(Cl)c3F)cn2)c1. The highest BCUT2D eigenvalue weighted by atomic mass is 35.5. The Balaban J connectivity index is 1.51. The third-order valence-corrected chi connectivity index (χ3v) is 6.47. The first-order valence-corrected chi connectivity index (χ1v) is 12.2. The third kappa shape index (κ3) is 5.46. The summed E-state index contributed by atoms with van der Waals surface area (Å²) in [5.74, 6) is -0.704. The molecule has 2 N–H and O–H groups in total. The fourth-order valence-electron chi connectivity index (χ4n) is 4.23. The highest BCUT2D eigenvalue weighted by Crippen LogP contribution is 2.33. The molecule has 39 heavy (non-hydrogen) atoms. The van der Waals surface area contributed by atoms with E-state index < -0.39 is 18.5 Å². The van der Waals surface area contributed by atoms with Crippen LogP contribution in [0.2, 0.25) is 10.2 Å². The van der Waals surface area contributed by atoms with Gasteiger partial charge in [-0.05, 0) is 36.2 Å². The van der Waals surface area contributed by atoms with Crippen molar-refractivity contribution in [3.8, 4) is 33.8 Å². The van der Waals surface area contributed by atoms with E-state index >= 15 is 4.39 Å². The lowest BCUT2D eigenvalue weighted by atomic mass is 10.0. The number of hydrogen-bond donors (Lipinski definition) is 2. The minimum atomic E-state index is -2.93. The highest BCUT2D eigenvalue weighted by Gasteiger charge is 2.24. The van der Waals surface area contributed by atoms with E-state index in [0.29, 0.717) is 28.2 Å². The summed E-state index contributed by atoms with van der Waals surface area (Å²) in [7, 11) is 1.67. The van der Waals surface area contributed by atoms with E-state index in [2.05, 4.69) is 30.2 Å². The molecule has 0 bridgehead atoms. The quantitative estimate of drug-likeness (QED) is 0.245. The molecule has 5 aromatic rings. The van der Waals surface area contributed by atoms with Crippen LogP contribution in [0.15, 0.2) is 55.2 Å². The molecule has 0 spiro atoms. The van der Waals surface area contributed by atoms with Gasteiger partial charge in [0.25, 0.3) is 0 Å². The Bertz CT molecular complexity index is 1580. The van der Waals surface area contributed by atoms with Gasteiger partial charge in [0, 0.05) is 30.6 Å². The van der Waals surface area contributed by atoms with E-state index in [1.807, 2.05) is 0 Å². The molecular formula is C24H20Cl2F3N8O2+. The highest BCUT2D eigenvalue weighted by molar-refractivity contribution is 6.31. The Morgan fingerprint density at radius 2 is 1.92 bits per heavy atom. The van der Waals surface area contributed by atoms with E-state index in [4.69, 9.17) is 23.2 Å². The van der Waals surface area contributed by atoms with Gasteiger partial charge in [-0.25, -0.2) is 4.39 Å². The lowest BCUT2D eigenvalue weighted by Crippen LogP contribution is -2.33. The van der Waals surface area contributed by atoms with E-state index in [0.717, 1.165) is 0 Å². The number of aryl methyl sites for hydroxylation is 1. The molecule has 0 saturated heterocycles. The Morgan fingerprint density at radius 1 is 1.10 bits per heavy atom. The van der Waals surface area contributed by atoms with E-state index in [1.165, 1.54) is 44.9 Å². The van der Waals surface area contributed by atoms with E-state index in [9.17, 15) is 13.9 Å². The first-order chi connectivity index (χ1) is 18.7. The van der Waals surface area contributed by atoms with Crippen LogP contribution in [0, 0.1) is 5.82 Å². The number of halogens is 5. The first-order valence-electron chi connectivity index (χ1n) is 11.5. The molecule has 0 aliphatic carbocycles. The number of alkyl halides is 2. The van der Waals surface area contributed by atoms with Gasteiger partial charge < -0.3 is 9.84 Å². The maximum Gasteiger partial charge on any atom is 0.345 e. The summed E-state index contributed by atoms with van der Waals surface area (Å²) in [5.41, 5.74) is 2.40. The fourth-order valence-corrected chi connectivity index (χ4v) is 4.52. The first kappa shape index (κ1) is 26.7. The van der Waals surface area contributed by atoms with Gasteiger partial charge in [0.1, 0.15) is 5.69 Å². The van der Waals surface area contributed by atoms with Crippen molar-refractivity contribution in [1.82, 2.24) is 34.9 Å². The van der Waals surface area contributed by atoms with Crippen LogP contribution < -0.4 is 4.68 Å². The summed E-state index contributed by atoms with van der Waals surface area (Å²) in [4.78, 5) is 4.51. The second kappa shape index (κ2) is 11.0. The van der Waals surface area contributed by atoms with Crippen LogP contribution >= 0.6 is 23.2 Å². The zero-order chi connectivity index (χ0) is 27.7. The Labute approximate surface area is 229 Å². The van der Waals surface area contributed by atoms with Gasteiger partial charge >= 0.3 is 11.8 Å². The smallest absolute Gasteiger partial charge is 0.345 e. The summed E-state index contributed by atoms with van der Waals surface area (Å²) < 4.78 is 49.6. The monoisotopic (exact) mass is 579 g/mol. The largest absolute Gasteiger partial charge is 0.504 e. The molecule has 10 nitrogen and oxygen atoms in total. The topological polar surface area (TPSA) is 111 Å². The lowest BCUT2D eigenvalue weighted by Gasteiger charge is -2.18. The number of ether oxygens (including phenoxy) is 1. The lowest BCUT2D eigenvalue weighted by molar-refractivity contribution is -0.659. The maximum atomic E-state index is 15.2. The van der Waals surface area contributed by atoms with Crippen LogP contribution in [-0.2, 0) is 11.8 Å². The summed E-state index contributed by atoms with van der Waals surface area (Å²) >= 11 is 12.0. The van der Waals surface area contributed by atoms with Crippen molar-refractivity contribution < 1.29 is 27.7 Å². The number of rotatable bonds is 9.